The number of hydrogen-bond donors (Lipinski definition) is 1. The van der Waals surface area contributed by atoms with Gasteiger partial charge in [-0.15, -0.1) is 0 Å². The number of carboxylic acid groups (broad SMARTS) is 1. The van der Waals surface area contributed by atoms with Crippen LogP contribution in [-0.4, -0.2) is 37.4 Å². The van der Waals surface area contributed by atoms with Gasteiger partial charge >= 0.3 is 11.9 Å². The van der Waals surface area contributed by atoms with Crippen molar-refractivity contribution in [2.75, 3.05) is 14.2 Å². The van der Waals surface area contributed by atoms with Gasteiger partial charge in [0.1, 0.15) is 0 Å². The maximum Gasteiger partial charge on any atom is 0.346 e. The molecule has 0 saturated carbocycles. The normalized spacial score (nSPS) is 12.2. The molecule has 5 nitrogen and oxygen atoms in total. The first-order valence-electron chi connectivity index (χ1n) is 2.47. The Hall–Kier alpha value is -1.10. The van der Waals surface area contributed by atoms with Crippen LogP contribution >= 0.6 is 0 Å². The first-order valence-corrected chi connectivity index (χ1v) is 2.47. The smallest absolute Gasteiger partial charge is 0.346 e. The van der Waals surface area contributed by atoms with Crippen LogP contribution in [0.4, 0.5) is 0 Å². The summed E-state index contributed by atoms with van der Waals surface area (Å²) in [5, 5.41) is 8.25. The van der Waals surface area contributed by atoms with Gasteiger partial charge in [0, 0.05) is 7.11 Å². The SMILES string of the molecule is COC(=O)[C@H](OC)C(=O)O. The maximum absolute atomic E-state index is 10.5. The highest BCUT2D eigenvalue weighted by molar-refractivity contribution is 5.96. The van der Waals surface area contributed by atoms with Gasteiger partial charge < -0.3 is 14.6 Å². The van der Waals surface area contributed by atoms with Crippen LogP contribution in [0.15, 0.2) is 0 Å². The van der Waals surface area contributed by atoms with E-state index in [4.69, 9.17) is 5.11 Å². The van der Waals surface area contributed by atoms with Crippen LogP contribution in [0.1, 0.15) is 0 Å². The van der Waals surface area contributed by atoms with E-state index in [9.17, 15) is 9.59 Å². The zero-order chi connectivity index (χ0) is 8.15. The van der Waals surface area contributed by atoms with Crippen molar-refractivity contribution in [1.29, 1.82) is 0 Å². The number of rotatable bonds is 3. The molecule has 0 radical (unpaired) electrons. The molecule has 1 N–H and O–H groups in total. The lowest BCUT2D eigenvalue weighted by molar-refractivity contribution is -0.165. The third kappa shape index (κ3) is 2.02. The maximum atomic E-state index is 10.5. The molecular weight excluding hydrogens is 140 g/mol. The summed E-state index contributed by atoms with van der Waals surface area (Å²) in [5.74, 6) is -2.26. The van der Waals surface area contributed by atoms with Crippen molar-refractivity contribution in [3.8, 4) is 0 Å². The van der Waals surface area contributed by atoms with Gasteiger partial charge in [-0.25, -0.2) is 9.59 Å². The highest BCUT2D eigenvalue weighted by Crippen LogP contribution is 1.91. The number of carbonyl (C=O) groups is 2. The Morgan fingerprint density at radius 3 is 2.00 bits per heavy atom. The van der Waals surface area contributed by atoms with Crippen molar-refractivity contribution in [2.24, 2.45) is 0 Å². The molecule has 0 saturated heterocycles. The average Bonchev–Trinajstić information content (AvgIpc) is 1.88. The standard InChI is InChI=1S/C5H8O5/c1-9-3(4(6)7)5(8)10-2/h3H,1-2H3,(H,6,7)/t3-/m1/s1. The second-order valence-electron chi connectivity index (χ2n) is 1.48. The molecule has 0 amide bonds. The summed E-state index contributed by atoms with van der Waals surface area (Å²) < 4.78 is 8.41. The van der Waals surface area contributed by atoms with Crippen molar-refractivity contribution >= 4 is 11.9 Å². The number of carboxylic acids is 1. The van der Waals surface area contributed by atoms with E-state index in [1.807, 2.05) is 0 Å². The van der Waals surface area contributed by atoms with Crippen molar-refractivity contribution < 1.29 is 24.2 Å². The summed E-state index contributed by atoms with van der Waals surface area (Å²) in [5.41, 5.74) is 0. The fourth-order valence-electron chi connectivity index (χ4n) is 0.405. The number of ether oxygens (including phenoxy) is 2. The Labute approximate surface area is 57.5 Å². The van der Waals surface area contributed by atoms with Crippen LogP contribution in [0, 0.1) is 0 Å². The van der Waals surface area contributed by atoms with Crippen LogP contribution in [0.2, 0.25) is 0 Å². The van der Waals surface area contributed by atoms with E-state index >= 15 is 0 Å². The van der Waals surface area contributed by atoms with Crippen molar-refractivity contribution in [1.82, 2.24) is 0 Å². The predicted molar refractivity (Wildman–Crippen MR) is 30.4 cm³/mol. The second-order valence-corrected chi connectivity index (χ2v) is 1.48. The van der Waals surface area contributed by atoms with Gasteiger partial charge in [-0.2, -0.15) is 0 Å². The molecule has 0 fully saturated rings. The Morgan fingerprint density at radius 1 is 1.40 bits per heavy atom. The fraction of sp³-hybridized carbons (Fsp3) is 0.600. The van der Waals surface area contributed by atoms with Gasteiger partial charge in [0.25, 0.3) is 6.10 Å². The van der Waals surface area contributed by atoms with E-state index in [-0.39, 0.29) is 0 Å². The van der Waals surface area contributed by atoms with Gasteiger partial charge in [-0.3, -0.25) is 0 Å². The molecule has 0 spiro atoms. The molecule has 10 heavy (non-hydrogen) atoms. The third-order valence-electron chi connectivity index (χ3n) is 0.875. The summed E-state index contributed by atoms with van der Waals surface area (Å²) in [7, 11) is 2.22. The fourth-order valence-corrected chi connectivity index (χ4v) is 0.405. The minimum Gasteiger partial charge on any atom is -0.479 e. The van der Waals surface area contributed by atoms with Crippen molar-refractivity contribution in [2.45, 2.75) is 6.10 Å². The summed E-state index contributed by atoms with van der Waals surface area (Å²) in [6.45, 7) is 0. The average molecular weight is 148 g/mol. The summed E-state index contributed by atoms with van der Waals surface area (Å²) >= 11 is 0. The quantitative estimate of drug-likeness (QED) is 0.421. The van der Waals surface area contributed by atoms with Crippen LogP contribution in [0.25, 0.3) is 0 Å². The Bertz CT molecular complexity index is 141. The lowest BCUT2D eigenvalue weighted by Gasteiger charge is -2.05. The summed E-state index contributed by atoms with van der Waals surface area (Å²) in [6, 6.07) is 0. The van der Waals surface area contributed by atoms with E-state index in [1.54, 1.807) is 0 Å². The highest BCUT2D eigenvalue weighted by atomic mass is 16.6. The van der Waals surface area contributed by atoms with E-state index in [0.717, 1.165) is 14.2 Å². The number of carbonyl (C=O) groups excluding carboxylic acids is 1. The summed E-state index contributed by atoms with van der Waals surface area (Å²) in [4.78, 5) is 20.6. The lowest BCUT2D eigenvalue weighted by atomic mass is 10.4. The molecule has 0 bridgehead atoms. The number of aliphatic carboxylic acids is 1. The van der Waals surface area contributed by atoms with Crippen LogP contribution < -0.4 is 0 Å². The number of hydrogen-bond acceptors (Lipinski definition) is 4. The molecule has 0 aliphatic heterocycles. The zero-order valence-electron chi connectivity index (χ0n) is 5.66. The molecule has 1 atom stereocenters. The first-order chi connectivity index (χ1) is 4.63. The largest absolute Gasteiger partial charge is 0.479 e. The molecule has 0 aromatic heterocycles. The number of methoxy groups -OCH3 is 2. The molecule has 0 unspecified atom stereocenters. The lowest BCUT2D eigenvalue weighted by Crippen LogP contribution is -2.32. The van der Waals surface area contributed by atoms with Gasteiger partial charge in [0.05, 0.1) is 7.11 Å². The van der Waals surface area contributed by atoms with Crippen LogP contribution in [-0.2, 0) is 19.1 Å². The van der Waals surface area contributed by atoms with Gasteiger partial charge in [0.15, 0.2) is 0 Å². The molecule has 0 rings (SSSR count). The Morgan fingerprint density at radius 2 is 1.90 bits per heavy atom. The van der Waals surface area contributed by atoms with Gasteiger partial charge in [-0.05, 0) is 0 Å². The van der Waals surface area contributed by atoms with Crippen LogP contribution in [0.5, 0.6) is 0 Å². The second kappa shape index (κ2) is 3.84. The van der Waals surface area contributed by atoms with Crippen LogP contribution in [0.3, 0.4) is 0 Å². The molecule has 0 aromatic carbocycles. The third-order valence-corrected chi connectivity index (χ3v) is 0.875. The topological polar surface area (TPSA) is 72.8 Å². The van der Waals surface area contributed by atoms with Gasteiger partial charge in [-0.1, -0.05) is 0 Å². The monoisotopic (exact) mass is 148 g/mol. The minimum atomic E-state index is -1.51. The molecular formula is C5H8O5. The molecule has 0 aliphatic rings. The molecule has 58 valence electrons. The Balaban J connectivity index is 4.06. The van der Waals surface area contributed by atoms with Gasteiger partial charge in [0.2, 0.25) is 0 Å². The predicted octanol–water partition coefficient (Wildman–Crippen LogP) is -0.741. The zero-order valence-corrected chi connectivity index (χ0v) is 5.66. The van der Waals surface area contributed by atoms with E-state index in [1.165, 1.54) is 0 Å². The molecule has 0 heterocycles. The summed E-state index contributed by atoms with van der Waals surface area (Å²) in [6.07, 6.45) is -1.51. The van der Waals surface area contributed by atoms with Crippen molar-refractivity contribution in [3.05, 3.63) is 0 Å². The highest BCUT2D eigenvalue weighted by Gasteiger charge is 2.26. The van der Waals surface area contributed by atoms with E-state index in [2.05, 4.69) is 9.47 Å². The minimum absolute atomic E-state index is 0.907. The first kappa shape index (κ1) is 8.90. The van der Waals surface area contributed by atoms with E-state index < -0.39 is 18.0 Å². The molecule has 0 aliphatic carbocycles. The Kier molecular flexibility index (Phi) is 3.42. The van der Waals surface area contributed by atoms with Crippen molar-refractivity contribution in [3.63, 3.8) is 0 Å². The van der Waals surface area contributed by atoms with E-state index in [0.29, 0.717) is 0 Å². The molecule has 0 aromatic rings. The molecule has 5 heteroatoms. The number of esters is 1.